The van der Waals surface area contributed by atoms with Crippen LogP contribution in [0.2, 0.25) is 0 Å². The minimum atomic E-state index is -0.238. The summed E-state index contributed by atoms with van der Waals surface area (Å²) < 4.78 is 0. The zero-order valence-corrected chi connectivity index (χ0v) is 14.6. The maximum absolute atomic E-state index is 11.9. The molecule has 0 bridgehead atoms. The number of carbonyl (C=O) groups is 1. The normalized spacial score (nSPS) is 13.9. The van der Waals surface area contributed by atoms with Gasteiger partial charge in [0.2, 0.25) is 5.91 Å². The summed E-state index contributed by atoms with van der Waals surface area (Å²) in [6.45, 7) is 14.3. The van der Waals surface area contributed by atoms with E-state index >= 15 is 0 Å². The summed E-state index contributed by atoms with van der Waals surface area (Å²) in [7, 11) is 1.65. The van der Waals surface area contributed by atoms with Gasteiger partial charge >= 0.3 is 0 Å². The Kier molecular flexibility index (Phi) is 4.76. The Morgan fingerprint density at radius 2 is 1.43 bits per heavy atom. The summed E-state index contributed by atoms with van der Waals surface area (Å²) in [5.41, 5.74) is 2.37. The summed E-state index contributed by atoms with van der Waals surface area (Å²) in [4.78, 5) is 11.9. The molecule has 0 saturated heterocycles. The van der Waals surface area contributed by atoms with Crippen LogP contribution in [0.5, 0.6) is 5.75 Å². The van der Waals surface area contributed by atoms with Gasteiger partial charge in [-0.2, -0.15) is 0 Å². The molecule has 2 N–H and O–H groups in total. The highest BCUT2D eigenvalue weighted by Gasteiger charge is 2.28. The number of carbonyl (C=O) groups excluding carboxylic acids is 1. The number of phenols is 1. The Morgan fingerprint density at radius 1 is 1.05 bits per heavy atom. The van der Waals surface area contributed by atoms with Crippen LogP contribution in [0.4, 0.5) is 0 Å². The summed E-state index contributed by atoms with van der Waals surface area (Å²) in [5, 5.41) is 13.4. The van der Waals surface area contributed by atoms with Crippen molar-refractivity contribution in [1.29, 1.82) is 0 Å². The second-order valence-electron chi connectivity index (χ2n) is 7.80. The van der Waals surface area contributed by atoms with Crippen molar-refractivity contribution in [2.75, 3.05) is 7.05 Å². The monoisotopic (exact) mass is 291 g/mol. The molecule has 0 heterocycles. The predicted molar refractivity (Wildman–Crippen MR) is 88.0 cm³/mol. The molecule has 118 valence electrons. The number of amides is 1. The molecular formula is C18H29NO2. The first-order valence-corrected chi connectivity index (χ1v) is 7.49. The van der Waals surface area contributed by atoms with E-state index in [2.05, 4.69) is 46.9 Å². The molecule has 3 heteroatoms. The molecule has 0 spiro atoms. The Morgan fingerprint density at radius 3 is 1.71 bits per heavy atom. The molecule has 1 aromatic carbocycles. The van der Waals surface area contributed by atoms with Crippen molar-refractivity contribution >= 4 is 5.91 Å². The van der Waals surface area contributed by atoms with Crippen LogP contribution >= 0.6 is 0 Å². The molecule has 3 nitrogen and oxygen atoms in total. The molecule has 0 aliphatic carbocycles. The Bertz CT molecular complexity index is 498. The SMILES string of the molecule is CNC(=O)C(C)c1cc(C(C)(C)C)c(O)c(C(C)(C)C)c1. The van der Waals surface area contributed by atoms with Crippen molar-refractivity contribution in [2.24, 2.45) is 0 Å². The van der Waals surface area contributed by atoms with Crippen molar-refractivity contribution in [2.45, 2.75) is 65.2 Å². The van der Waals surface area contributed by atoms with Crippen LogP contribution in [0, 0.1) is 0 Å². The van der Waals surface area contributed by atoms with Gasteiger partial charge in [0.05, 0.1) is 5.92 Å². The zero-order valence-electron chi connectivity index (χ0n) is 14.6. The summed E-state index contributed by atoms with van der Waals surface area (Å²) in [6.07, 6.45) is 0. The van der Waals surface area contributed by atoms with Gasteiger partial charge in [0.1, 0.15) is 5.75 Å². The number of aromatic hydroxyl groups is 1. The van der Waals surface area contributed by atoms with E-state index in [1.165, 1.54) is 0 Å². The van der Waals surface area contributed by atoms with E-state index < -0.39 is 0 Å². The number of hydrogen-bond donors (Lipinski definition) is 2. The lowest BCUT2D eigenvalue weighted by Gasteiger charge is -2.29. The van der Waals surface area contributed by atoms with E-state index in [4.69, 9.17) is 0 Å². The lowest BCUT2D eigenvalue weighted by atomic mass is 9.77. The fourth-order valence-corrected chi connectivity index (χ4v) is 2.42. The molecule has 0 aromatic heterocycles. The van der Waals surface area contributed by atoms with Gasteiger partial charge < -0.3 is 10.4 Å². The van der Waals surface area contributed by atoms with Crippen LogP contribution in [-0.4, -0.2) is 18.1 Å². The number of benzene rings is 1. The van der Waals surface area contributed by atoms with E-state index in [0.29, 0.717) is 5.75 Å². The molecule has 1 rings (SSSR count). The first kappa shape index (κ1) is 17.5. The molecule has 0 radical (unpaired) electrons. The molecule has 1 amide bonds. The van der Waals surface area contributed by atoms with E-state index in [9.17, 15) is 9.90 Å². The molecule has 1 aromatic rings. The Balaban J connectivity index is 3.59. The fraction of sp³-hybridized carbons (Fsp3) is 0.611. The lowest BCUT2D eigenvalue weighted by molar-refractivity contribution is -0.121. The highest BCUT2D eigenvalue weighted by atomic mass is 16.3. The molecular weight excluding hydrogens is 262 g/mol. The van der Waals surface area contributed by atoms with Gasteiger partial charge in [-0.05, 0) is 34.4 Å². The van der Waals surface area contributed by atoms with E-state index in [1.807, 2.05) is 19.1 Å². The van der Waals surface area contributed by atoms with Crippen LogP contribution < -0.4 is 5.32 Å². The molecule has 1 atom stereocenters. The van der Waals surface area contributed by atoms with E-state index in [1.54, 1.807) is 7.05 Å². The smallest absolute Gasteiger partial charge is 0.227 e. The van der Waals surface area contributed by atoms with Crippen molar-refractivity contribution < 1.29 is 9.90 Å². The largest absolute Gasteiger partial charge is 0.507 e. The minimum Gasteiger partial charge on any atom is -0.507 e. The molecule has 0 fully saturated rings. The molecule has 0 aliphatic rings. The highest BCUT2D eigenvalue weighted by molar-refractivity contribution is 5.83. The maximum Gasteiger partial charge on any atom is 0.227 e. The van der Waals surface area contributed by atoms with Crippen LogP contribution in [-0.2, 0) is 15.6 Å². The van der Waals surface area contributed by atoms with Crippen molar-refractivity contribution in [3.05, 3.63) is 28.8 Å². The fourth-order valence-electron chi connectivity index (χ4n) is 2.42. The topological polar surface area (TPSA) is 49.3 Å². The van der Waals surface area contributed by atoms with Crippen molar-refractivity contribution in [1.82, 2.24) is 5.32 Å². The van der Waals surface area contributed by atoms with Crippen LogP contribution in [0.25, 0.3) is 0 Å². The second-order valence-corrected chi connectivity index (χ2v) is 7.80. The van der Waals surface area contributed by atoms with E-state index in [-0.39, 0.29) is 22.7 Å². The lowest BCUT2D eigenvalue weighted by Crippen LogP contribution is -2.25. The standard InChI is InChI=1S/C18H29NO2/c1-11(16(21)19-8)12-9-13(17(2,3)4)15(20)14(10-12)18(5,6)7/h9-11,20H,1-8H3,(H,19,21). The van der Waals surface area contributed by atoms with Gasteiger partial charge in [-0.3, -0.25) is 4.79 Å². The van der Waals surface area contributed by atoms with Gasteiger partial charge in [0.15, 0.2) is 0 Å². The third-order valence-corrected chi connectivity index (χ3v) is 3.89. The van der Waals surface area contributed by atoms with Crippen LogP contribution in [0.3, 0.4) is 0 Å². The number of rotatable bonds is 2. The molecule has 21 heavy (non-hydrogen) atoms. The van der Waals surface area contributed by atoms with Crippen LogP contribution in [0.15, 0.2) is 12.1 Å². The van der Waals surface area contributed by atoms with Crippen molar-refractivity contribution in [3.63, 3.8) is 0 Å². The predicted octanol–water partition coefficient (Wildman–Crippen LogP) is 3.84. The van der Waals surface area contributed by atoms with Gasteiger partial charge in [-0.15, -0.1) is 0 Å². The average Bonchev–Trinajstić information content (AvgIpc) is 2.34. The van der Waals surface area contributed by atoms with Crippen molar-refractivity contribution in [3.8, 4) is 5.75 Å². The number of nitrogens with one attached hydrogen (secondary N) is 1. The van der Waals surface area contributed by atoms with Gasteiger partial charge in [0.25, 0.3) is 0 Å². The Hall–Kier alpha value is -1.51. The third kappa shape index (κ3) is 3.78. The number of phenolic OH excluding ortho intramolecular Hbond substituents is 1. The van der Waals surface area contributed by atoms with Gasteiger partial charge in [-0.1, -0.05) is 53.7 Å². The maximum atomic E-state index is 11.9. The highest BCUT2D eigenvalue weighted by Crippen LogP contribution is 2.41. The average molecular weight is 291 g/mol. The second kappa shape index (κ2) is 5.70. The molecule has 1 unspecified atom stereocenters. The summed E-state index contributed by atoms with van der Waals surface area (Å²) in [5.74, 6) is 0.0982. The molecule has 0 aliphatic heterocycles. The first-order valence-electron chi connectivity index (χ1n) is 7.49. The third-order valence-electron chi connectivity index (χ3n) is 3.89. The summed E-state index contributed by atoms with van der Waals surface area (Å²) >= 11 is 0. The van der Waals surface area contributed by atoms with Crippen LogP contribution in [0.1, 0.15) is 71.1 Å². The van der Waals surface area contributed by atoms with E-state index in [0.717, 1.165) is 16.7 Å². The van der Waals surface area contributed by atoms with Gasteiger partial charge in [-0.25, -0.2) is 0 Å². The number of hydrogen-bond acceptors (Lipinski definition) is 2. The zero-order chi connectivity index (χ0) is 16.6. The molecule has 0 saturated carbocycles. The minimum absolute atomic E-state index is 0.0135. The summed E-state index contributed by atoms with van der Waals surface area (Å²) in [6, 6.07) is 3.93. The Labute approximate surface area is 128 Å². The first-order chi connectivity index (χ1) is 9.39. The van der Waals surface area contributed by atoms with Gasteiger partial charge in [0, 0.05) is 7.05 Å². The quantitative estimate of drug-likeness (QED) is 0.870. The number of likely N-dealkylation sites (N-methyl/N-ethyl adjacent to an activating group) is 1.